The van der Waals surface area contributed by atoms with Gasteiger partial charge < -0.3 is 15.1 Å². The number of carbonyl (C=O) groups excluding carboxylic acids is 2. The Morgan fingerprint density at radius 1 is 1.00 bits per heavy atom. The van der Waals surface area contributed by atoms with Crippen LogP contribution in [0.25, 0.3) is 0 Å². The van der Waals surface area contributed by atoms with Gasteiger partial charge in [0.05, 0.1) is 0 Å². The summed E-state index contributed by atoms with van der Waals surface area (Å²) in [6.45, 7) is 6.39. The van der Waals surface area contributed by atoms with Crippen molar-refractivity contribution in [3.63, 3.8) is 0 Å². The summed E-state index contributed by atoms with van der Waals surface area (Å²) in [4.78, 5) is 29.9. The van der Waals surface area contributed by atoms with Gasteiger partial charge in [0, 0.05) is 59.7 Å². The number of amides is 2. The summed E-state index contributed by atoms with van der Waals surface area (Å²) < 4.78 is 0. The van der Waals surface area contributed by atoms with E-state index in [1.807, 2.05) is 4.90 Å². The number of piperazine rings is 1. The number of hydrogen-bond donors (Lipinski definition) is 1. The standard InChI is InChI=1S/C17H32N4O2.2ClH/c1-19(2)16(22)7-10-20-11-13-21(14-12-20)17(23)4-3-15-5-8-18-9-6-15;;/h15,18H,3-14H2,1-2H3;2*1H. The normalized spacial score (nSPS) is 18.9. The van der Waals surface area contributed by atoms with Gasteiger partial charge in [-0.1, -0.05) is 0 Å². The van der Waals surface area contributed by atoms with Crippen LogP contribution in [0.15, 0.2) is 0 Å². The minimum absolute atomic E-state index is 0. The Labute approximate surface area is 164 Å². The molecule has 6 nitrogen and oxygen atoms in total. The Morgan fingerprint density at radius 2 is 1.60 bits per heavy atom. The highest BCUT2D eigenvalue weighted by Crippen LogP contribution is 2.18. The summed E-state index contributed by atoms with van der Waals surface area (Å²) in [7, 11) is 3.59. The second kappa shape index (κ2) is 12.7. The van der Waals surface area contributed by atoms with E-state index in [4.69, 9.17) is 0 Å². The van der Waals surface area contributed by atoms with E-state index in [1.165, 1.54) is 12.8 Å². The Bertz CT molecular complexity index is 396. The first-order valence-electron chi connectivity index (χ1n) is 8.97. The molecule has 0 aromatic heterocycles. The first-order chi connectivity index (χ1) is 11.1. The Morgan fingerprint density at radius 3 is 2.16 bits per heavy atom. The summed E-state index contributed by atoms with van der Waals surface area (Å²) in [6.07, 6.45) is 4.72. The average Bonchev–Trinajstić information content (AvgIpc) is 2.58. The number of nitrogens with one attached hydrogen (secondary N) is 1. The van der Waals surface area contributed by atoms with Crippen LogP contribution in [-0.4, -0.2) is 86.4 Å². The monoisotopic (exact) mass is 396 g/mol. The van der Waals surface area contributed by atoms with Crippen LogP contribution in [0, 0.1) is 5.92 Å². The second-order valence-corrected chi connectivity index (χ2v) is 6.99. The van der Waals surface area contributed by atoms with Crippen molar-refractivity contribution in [2.45, 2.75) is 32.1 Å². The van der Waals surface area contributed by atoms with Gasteiger partial charge in [0.2, 0.25) is 11.8 Å². The maximum Gasteiger partial charge on any atom is 0.223 e. The van der Waals surface area contributed by atoms with Gasteiger partial charge in [-0.05, 0) is 38.3 Å². The molecule has 25 heavy (non-hydrogen) atoms. The van der Waals surface area contributed by atoms with E-state index in [2.05, 4.69) is 10.2 Å². The smallest absolute Gasteiger partial charge is 0.223 e. The molecule has 148 valence electrons. The topological polar surface area (TPSA) is 55.9 Å². The molecule has 2 fully saturated rings. The number of carbonyl (C=O) groups is 2. The third kappa shape index (κ3) is 8.58. The van der Waals surface area contributed by atoms with Crippen molar-refractivity contribution in [2.75, 3.05) is 59.9 Å². The minimum Gasteiger partial charge on any atom is -0.349 e. The molecule has 0 spiro atoms. The lowest BCUT2D eigenvalue weighted by Gasteiger charge is -2.35. The predicted molar refractivity (Wildman–Crippen MR) is 106 cm³/mol. The zero-order chi connectivity index (χ0) is 16.7. The number of halogens is 2. The molecule has 2 rings (SSSR count). The van der Waals surface area contributed by atoms with Gasteiger partial charge in [-0.2, -0.15) is 0 Å². The van der Waals surface area contributed by atoms with Crippen molar-refractivity contribution in [1.29, 1.82) is 0 Å². The second-order valence-electron chi connectivity index (χ2n) is 6.99. The van der Waals surface area contributed by atoms with Crippen LogP contribution < -0.4 is 5.32 Å². The fourth-order valence-corrected chi connectivity index (χ4v) is 3.35. The van der Waals surface area contributed by atoms with E-state index >= 15 is 0 Å². The molecule has 2 heterocycles. The molecule has 0 aromatic carbocycles. The van der Waals surface area contributed by atoms with Crippen LogP contribution >= 0.6 is 24.8 Å². The third-order valence-corrected chi connectivity index (χ3v) is 5.09. The van der Waals surface area contributed by atoms with Crippen LogP contribution in [-0.2, 0) is 9.59 Å². The van der Waals surface area contributed by atoms with Crippen LogP contribution in [0.4, 0.5) is 0 Å². The molecule has 0 saturated carbocycles. The molecule has 0 aromatic rings. The maximum atomic E-state index is 12.3. The summed E-state index contributed by atoms with van der Waals surface area (Å²) in [5, 5.41) is 3.37. The molecule has 1 N–H and O–H groups in total. The van der Waals surface area contributed by atoms with Gasteiger partial charge in [-0.15, -0.1) is 24.8 Å². The first-order valence-corrected chi connectivity index (χ1v) is 8.97. The van der Waals surface area contributed by atoms with Crippen molar-refractivity contribution in [2.24, 2.45) is 5.92 Å². The van der Waals surface area contributed by atoms with E-state index in [1.54, 1.807) is 19.0 Å². The van der Waals surface area contributed by atoms with Crippen molar-refractivity contribution in [3.8, 4) is 0 Å². The zero-order valence-electron chi connectivity index (χ0n) is 15.5. The van der Waals surface area contributed by atoms with E-state index in [0.717, 1.165) is 58.2 Å². The number of rotatable bonds is 6. The molecule has 2 saturated heterocycles. The van der Waals surface area contributed by atoms with Crippen molar-refractivity contribution in [1.82, 2.24) is 20.0 Å². The van der Waals surface area contributed by atoms with Crippen LogP contribution in [0.3, 0.4) is 0 Å². The third-order valence-electron chi connectivity index (χ3n) is 5.09. The lowest BCUT2D eigenvalue weighted by Crippen LogP contribution is -2.49. The van der Waals surface area contributed by atoms with Crippen LogP contribution in [0.5, 0.6) is 0 Å². The Hall–Kier alpha value is -0.560. The number of nitrogens with zero attached hydrogens (tertiary/aromatic N) is 3. The molecular formula is C17H34Cl2N4O2. The van der Waals surface area contributed by atoms with Crippen molar-refractivity contribution in [3.05, 3.63) is 0 Å². The highest BCUT2D eigenvalue weighted by molar-refractivity contribution is 5.85. The zero-order valence-corrected chi connectivity index (χ0v) is 17.2. The highest BCUT2D eigenvalue weighted by Gasteiger charge is 2.22. The largest absolute Gasteiger partial charge is 0.349 e. The molecule has 0 atom stereocenters. The van der Waals surface area contributed by atoms with E-state index in [0.29, 0.717) is 18.7 Å². The molecule has 2 amide bonds. The summed E-state index contributed by atoms with van der Waals surface area (Å²) >= 11 is 0. The van der Waals surface area contributed by atoms with Gasteiger partial charge in [-0.25, -0.2) is 0 Å². The average molecular weight is 397 g/mol. The quantitative estimate of drug-likeness (QED) is 0.733. The van der Waals surface area contributed by atoms with E-state index in [9.17, 15) is 9.59 Å². The molecular weight excluding hydrogens is 363 g/mol. The molecule has 0 unspecified atom stereocenters. The number of hydrogen-bond acceptors (Lipinski definition) is 4. The summed E-state index contributed by atoms with van der Waals surface area (Å²) in [5.41, 5.74) is 0. The van der Waals surface area contributed by atoms with Crippen LogP contribution in [0.2, 0.25) is 0 Å². The lowest BCUT2D eigenvalue weighted by molar-refractivity contribution is -0.134. The van der Waals surface area contributed by atoms with E-state index in [-0.39, 0.29) is 30.7 Å². The highest BCUT2D eigenvalue weighted by atomic mass is 35.5. The summed E-state index contributed by atoms with van der Waals surface area (Å²) in [6, 6.07) is 0. The SMILES string of the molecule is CN(C)C(=O)CCN1CCN(C(=O)CCC2CCNCC2)CC1.Cl.Cl. The summed E-state index contributed by atoms with van der Waals surface area (Å²) in [5.74, 6) is 1.21. The molecule has 0 bridgehead atoms. The Balaban J connectivity index is 0.00000288. The van der Waals surface area contributed by atoms with Gasteiger partial charge in [0.1, 0.15) is 0 Å². The van der Waals surface area contributed by atoms with Crippen molar-refractivity contribution >= 4 is 36.6 Å². The minimum atomic E-state index is 0. The molecule has 8 heteroatoms. The molecule has 2 aliphatic heterocycles. The van der Waals surface area contributed by atoms with Gasteiger partial charge in [-0.3, -0.25) is 14.5 Å². The maximum absolute atomic E-state index is 12.3. The van der Waals surface area contributed by atoms with Gasteiger partial charge in [0.15, 0.2) is 0 Å². The molecule has 0 aliphatic carbocycles. The lowest BCUT2D eigenvalue weighted by atomic mass is 9.93. The van der Waals surface area contributed by atoms with E-state index < -0.39 is 0 Å². The van der Waals surface area contributed by atoms with Gasteiger partial charge in [0.25, 0.3) is 0 Å². The fourth-order valence-electron chi connectivity index (χ4n) is 3.35. The Kier molecular flexibility index (Phi) is 12.5. The first kappa shape index (κ1) is 24.4. The van der Waals surface area contributed by atoms with Gasteiger partial charge >= 0.3 is 0 Å². The predicted octanol–water partition coefficient (Wildman–Crippen LogP) is 1.23. The number of piperidine rings is 1. The molecule has 0 radical (unpaired) electrons. The fraction of sp³-hybridized carbons (Fsp3) is 0.882. The van der Waals surface area contributed by atoms with Crippen LogP contribution in [0.1, 0.15) is 32.1 Å². The molecule has 2 aliphatic rings. The van der Waals surface area contributed by atoms with Crippen molar-refractivity contribution < 1.29 is 9.59 Å².